The SMILES string of the molecule is CC1COCC(C)N1C1=NC=NCN1NC1CCCCC1. The number of guanidine groups is 1. The molecule has 1 aliphatic carbocycles. The van der Waals surface area contributed by atoms with E-state index in [0.29, 0.717) is 24.8 Å². The van der Waals surface area contributed by atoms with Crippen LogP contribution in [0.4, 0.5) is 0 Å². The molecule has 3 rings (SSSR count). The van der Waals surface area contributed by atoms with Gasteiger partial charge in [0.25, 0.3) is 0 Å². The fourth-order valence-electron chi connectivity index (χ4n) is 3.50. The van der Waals surface area contributed by atoms with Gasteiger partial charge in [-0.05, 0) is 26.7 Å². The smallest absolute Gasteiger partial charge is 0.219 e. The van der Waals surface area contributed by atoms with Crippen molar-refractivity contribution in [2.75, 3.05) is 19.9 Å². The van der Waals surface area contributed by atoms with Crippen LogP contribution in [-0.4, -0.2) is 60.2 Å². The Bertz CT molecular complexity index is 395. The topological polar surface area (TPSA) is 52.5 Å². The average Bonchev–Trinajstić information content (AvgIpc) is 2.50. The summed E-state index contributed by atoms with van der Waals surface area (Å²) in [5.41, 5.74) is 3.65. The lowest BCUT2D eigenvalue weighted by molar-refractivity contribution is -0.00959. The molecule has 21 heavy (non-hydrogen) atoms. The van der Waals surface area contributed by atoms with Crippen molar-refractivity contribution in [3.05, 3.63) is 0 Å². The van der Waals surface area contributed by atoms with Crippen molar-refractivity contribution in [1.82, 2.24) is 15.3 Å². The number of ether oxygens (including phenoxy) is 1. The van der Waals surface area contributed by atoms with Gasteiger partial charge in [-0.2, -0.15) is 0 Å². The van der Waals surface area contributed by atoms with E-state index in [1.165, 1.54) is 32.1 Å². The molecule has 0 aromatic heterocycles. The van der Waals surface area contributed by atoms with Crippen molar-refractivity contribution in [2.45, 2.75) is 64.1 Å². The molecular weight excluding hydrogens is 266 g/mol. The molecule has 1 saturated carbocycles. The Morgan fingerprint density at radius 2 is 1.86 bits per heavy atom. The van der Waals surface area contributed by atoms with Crippen LogP contribution in [0.5, 0.6) is 0 Å². The van der Waals surface area contributed by atoms with Gasteiger partial charge in [0.1, 0.15) is 13.0 Å². The van der Waals surface area contributed by atoms with Crippen LogP contribution < -0.4 is 5.43 Å². The Morgan fingerprint density at radius 3 is 2.57 bits per heavy atom. The number of morpholine rings is 1. The Morgan fingerprint density at radius 1 is 1.14 bits per heavy atom. The van der Waals surface area contributed by atoms with Crippen molar-refractivity contribution in [3.8, 4) is 0 Å². The Labute approximate surface area is 127 Å². The van der Waals surface area contributed by atoms with Crippen LogP contribution in [0, 0.1) is 0 Å². The molecule has 2 heterocycles. The molecule has 2 atom stereocenters. The largest absolute Gasteiger partial charge is 0.377 e. The summed E-state index contributed by atoms with van der Waals surface area (Å²) in [7, 11) is 0. The normalized spacial score (nSPS) is 31.4. The lowest BCUT2D eigenvalue weighted by atomic mass is 9.96. The van der Waals surface area contributed by atoms with E-state index in [4.69, 9.17) is 4.74 Å². The third-order valence-electron chi connectivity index (χ3n) is 4.56. The third kappa shape index (κ3) is 3.37. The van der Waals surface area contributed by atoms with Crippen molar-refractivity contribution in [2.24, 2.45) is 9.98 Å². The van der Waals surface area contributed by atoms with E-state index in [1.54, 1.807) is 6.34 Å². The lowest BCUT2D eigenvalue weighted by Gasteiger charge is -2.45. The second kappa shape index (κ2) is 6.75. The van der Waals surface area contributed by atoms with Gasteiger partial charge in [-0.15, -0.1) is 0 Å². The summed E-state index contributed by atoms with van der Waals surface area (Å²) in [4.78, 5) is 11.2. The van der Waals surface area contributed by atoms with Gasteiger partial charge in [0.05, 0.1) is 25.3 Å². The summed E-state index contributed by atoms with van der Waals surface area (Å²) in [6.07, 6.45) is 8.21. The summed E-state index contributed by atoms with van der Waals surface area (Å²) in [5.74, 6) is 0.999. The van der Waals surface area contributed by atoms with E-state index in [0.717, 1.165) is 19.2 Å². The van der Waals surface area contributed by atoms with Gasteiger partial charge >= 0.3 is 0 Å². The van der Waals surface area contributed by atoms with Gasteiger partial charge in [-0.3, -0.25) is 10.0 Å². The first-order valence-electron chi connectivity index (χ1n) is 8.21. The maximum absolute atomic E-state index is 5.63. The standard InChI is InChI=1S/C15H27N5O/c1-12-8-21-9-13(2)20(12)15-17-10-16-11-19(15)18-14-6-4-3-5-7-14/h10,12-14,18H,3-9,11H2,1-2H3. The molecule has 0 aromatic carbocycles. The number of hydrazine groups is 1. The summed E-state index contributed by atoms with van der Waals surface area (Å²) in [5, 5.41) is 2.13. The summed E-state index contributed by atoms with van der Waals surface area (Å²) < 4.78 is 5.63. The molecule has 2 fully saturated rings. The van der Waals surface area contributed by atoms with E-state index in [-0.39, 0.29) is 0 Å². The quantitative estimate of drug-likeness (QED) is 0.840. The van der Waals surface area contributed by atoms with Crippen LogP contribution >= 0.6 is 0 Å². The maximum Gasteiger partial charge on any atom is 0.219 e. The molecule has 0 radical (unpaired) electrons. The molecule has 6 nitrogen and oxygen atoms in total. The maximum atomic E-state index is 5.63. The summed E-state index contributed by atoms with van der Waals surface area (Å²) >= 11 is 0. The van der Waals surface area contributed by atoms with Crippen molar-refractivity contribution < 1.29 is 4.74 Å². The molecular formula is C15H27N5O. The second-order valence-corrected chi connectivity index (χ2v) is 6.40. The minimum atomic E-state index is 0.342. The van der Waals surface area contributed by atoms with E-state index in [9.17, 15) is 0 Å². The van der Waals surface area contributed by atoms with Crippen molar-refractivity contribution in [1.29, 1.82) is 0 Å². The summed E-state index contributed by atoms with van der Waals surface area (Å²) in [6.45, 7) is 6.56. The molecule has 0 aromatic rings. The lowest BCUT2D eigenvalue weighted by Crippen LogP contribution is -2.62. The number of aliphatic imine (C=N–C) groups is 2. The van der Waals surface area contributed by atoms with Gasteiger partial charge in [0.2, 0.25) is 5.96 Å². The zero-order chi connectivity index (χ0) is 14.7. The van der Waals surface area contributed by atoms with Gasteiger partial charge in [-0.1, -0.05) is 19.3 Å². The van der Waals surface area contributed by atoms with E-state index >= 15 is 0 Å². The van der Waals surface area contributed by atoms with E-state index in [1.807, 2.05) is 0 Å². The van der Waals surface area contributed by atoms with Gasteiger partial charge in [-0.25, -0.2) is 10.4 Å². The molecule has 0 amide bonds. The Balaban J connectivity index is 1.70. The first-order valence-corrected chi connectivity index (χ1v) is 8.21. The number of hydrogen-bond acceptors (Lipinski definition) is 6. The fourth-order valence-corrected chi connectivity index (χ4v) is 3.50. The minimum absolute atomic E-state index is 0.342. The van der Waals surface area contributed by atoms with E-state index < -0.39 is 0 Å². The highest BCUT2D eigenvalue weighted by Gasteiger charge is 2.32. The summed E-state index contributed by atoms with van der Waals surface area (Å²) in [6, 6.07) is 1.24. The van der Waals surface area contributed by atoms with Gasteiger partial charge < -0.3 is 9.64 Å². The highest BCUT2D eigenvalue weighted by Crippen LogP contribution is 2.20. The van der Waals surface area contributed by atoms with Crippen LogP contribution in [0.25, 0.3) is 0 Å². The number of rotatable bonds is 2. The predicted octanol–water partition coefficient (Wildman–Crippen LogP) is 1.59. The van der Waals surface area contributed by atoms with E-state index in [2.05, 4.69) is 39.2 Å². The molecule has 1 saturated heterocycles. The van der Waals surface area contributed by atoms with Crippen LogP contribution in [-0.2, 0) is 4.74 Å². The van der Waals surface area contributed by atoms with Gasteiger partial charge in [0, 0.05) is 6.04 Å². The molecule has 1 N–H and O–H groups in total. The zero-order valence-electron chi connectivity index (χ0n) is 13.2. The first kappa shape index (κ1) is 14.8. The van der Waals surface area contributed by atoms with Crippen LogP contribution in [0.3, 0.4) is 0 Å². The second-order valence-electron chi connectivity index (χ2n) is 6.40. The molecule has 3 aliphatic rings. The first-order chi connectivity index (χ1) is 10.3. The average molecular weight is 293 g/mol. The Kier molecular flexibility index (Phi) is 4.75. The highest BCUT2D eigenvalue weighted by atomic mass is 16.5. The van der Waals surface area contributed by atoms with Crippen LogP contribution in [0.15, 0.2) is 9.98 Å². The van der Waals surface area contributed by atoms with Gasteiger partial charge in [0.15, 0.2) is 0 Å². The molecule has 6 heteroatoms. The minimum Gasteiger partial charge on any atom is -0.377 e. The monoisotopic (exact) mass is 293 g/mol. The third-order valence-corrected chi connectivity index (χ3v) is 4.56. The Hall–Kier alpha value is -1.14. The number of nitrogens with zero attached hydrogens (tertiary/aromatic N) is 4. The van der Waals surface area contributed by atoms with Crippen molar-refractivity contribution >= 4 is 12.3 Å². The number of nitrogens with one attached hydrogen (secondary N) is 1. The molecule has 0 spiro atoms. The molecule has 118 valence electrons. The van der Waals surface area contributed by atoms with Crippen LogP contribution in [0.2, 0.25) is 0 Å². The predicted molar refractivity (Wildman–Crippen MR) is 84.2 cm³/mol. The highest BCUT2D eigenvalue weighted by molar-refractivity contribution is 5.88. The molecule has 0 bridgehead atoms. The zero-order valence-corrected chi connectivity index (χ0v) is 13.2. The molecule has 2 aliphatic heterocycles. The fraction of sp³-hybridized carbons (Fsp3) is 0.867. The molecule has 2 unspecified atom stereocenters. The van der Waals surface area contributed by atoms with Crippen molar-refractivity contribution in [3.63, 3.8) is 0 Å². The number of hydrogen-bond donors (Lipinski definition) is 1. The van der Waals surface area contributed by atoms with Crippen LogP contribution in [0.1, 0.15) is 46.0 Å².